The Morgan fingerprint density at radius 2 is 1.58 bits per heavy atom. The van der Waals surface area contributed by atoms with Gasteiger partial charge in [-0.25, -0.2) is 0 Å². The van der Waals surface area contributed by atoms with Gasteiger partial charge in [-0.3, -0.25) is 14.4 Å². The lowest BCUT2D eigenvalue weighted by Crippen LogP contribution is -2.58. The van der Waals surface area contributed by atoms with Crippen molar-refractivity contribution in [1.29, 1.82) is 0 Å². The van der Waals surface area contributed by atoms with E-state index in [0.717, 1.165) is 19.3 Å². The van der Waals surface area contributed by atoms with E-state index in [4.69, 9.17) is 9.47 Å². The maximum atomic E-state index is 13.7. The minimum atomic E-state index is -1.68. The van der Waals surface area contributed by atoms with Crippen LogP contribution >= 0.6 is 0 Å². The van der Waals surface area contributed by atoms with Crippen LogP contribution in [0.3, 0.4) is 0 Å². The average molecular weight is 419 g/mol. The molecule has 160 valence electrons. The number of ether oxygens (including phenoxy) is 2. The molecule has 0 aromatic heterocycles. The van der Waals surface area contributed by atoms with Crippen molar-refractivity contribution in [2.75, 3.05) is 20.2 Å². The summed E-state index contributed by atoms with van der Waals surface area (Å²) >= 11 is 0. The Hall–Kier alpha value is -3.41. The smallest absolute Gasteiger partial charge is 0.304 e. The summed E-state index contributed by atoms with van der Waals surface area (Å²) in [6.07, 6.45) is 2.95. The van der Waals surface area contributed by atoms with E-state index in [-0.39, 0.29) is 11.4 Å². The van der Waals surface area contributed by atoms with E-state index in [1.807, 2.05) is 11.0 Å². The molecule has 1 aliphatic carbocycles. The second kappa shape index (κ2) is 8.38. The molecule has 2 aromatic rings. The molecular formula is C25H25NO5. The van der Waals surface area contributed by atoms with Crippen molar-refractivity contribution in [2.24, 2.45) is 0 Å². The van der Waals surface area contributed by atoms with E-state index < -0.39 is 17.4 Å². The Morgan fingerprint density at radius 1 is 0.935 bits per heavy atom. The molecule has 31 heavy (non-hydrogen) atoms. The van der Waals surface area contributed by atoms with Gasteiger partial charge in [-0.2, -0.15) is 0 Å². The van der Waals surface area contributed by atoms with Gasteiger partial charge < -0.3 is 14.4 Å². The summed E-state index contributed by atoms with van der Waals surface area (Å²) in [5, 5.41) is 0. The van der Waals surface area contributed by atoms with Crippen molar-refractivity contribution in [3.63, 3.8) is 0 Å². The van der Waals surface area contributed by atoms with Crippen LogP contribution < -0.4 is 4.74 Å². The number of ketones is 2. The first-order valence-electron chi connectivity index (χ1n) is 10.5. The normalized spacial score (nSPS) is 20.8. The van der Waals surface area contributed by atoms with Gasteiger partial charge in [-0.15, -0.1) is 0 Å². The third-order valence-corrected chi connectivity index (χ3v) is 5.84. The number of rotatable bonds is 6. The Morgan fingerprint density at radius 3 is 2.23 bits per heavy atom. The number of hydrogen-bond donors (Lipinski definition) is 0. The number of hydrogen-bond acceptors (Lipinski definition) is 6. The molecule has 0 spiro atoms. The van der Waals surface area contributed by atoms with Crippen LogP contribution in [0.15, 0.2) is 65.9 Å². The number of likely N-dealkylation sites (tertiary alicyclic amines) is 1. The van der Waals surface area contributed by atoms with Gasteiger partial charge in [0.25, 0.3) is 0 Å². The predicted octanol–water partition coefficient (Wildman–Crippen LogP) is 3.66. The molecule has 2 aromatic carbocycles. The minimum absolute atomic E-state index is 0.0836. The standard InChI is InChI=1S/C25H25NO5/c1-17(27)31-25(19-13-7-8-14-20(19)30-2)23(26-15-9-4-10-16-26)21(24(25)29)22(28)18-11-5-3-6-12-18/h3,5-8,11-14H,4,9-10,15-16H2,1-2H3. The number of piperidine rings is 1. The largest absolute Gasteiger partial charge is 0.496 e. The quantitative estimate of drug-likeness (QED) is 0.404. The number of nitrogens with zero attached hydrogens (tertiary/aromatic N) is 1. The van der Waals surface area contributed by atoms with Gasteiger partial charge in [0.2, 0.25) is 11.4 Å². The summed E-state index contributed by atoms with van der Waals surface area (Å²) in [5.41, 5.74) is -0.277. The summed E-state index contributed by atoms with van der Waals surface area (Å²) in [6.45, 7) is 2.65. The molecule has 6 heteroatoms. The summed E-state index contributed by atoms with van der Waals surface area (Å²) in [7, 11) is 1.50. The van der Waals surface area contributed by atoms with Gasteiger partial charge in [0.1, 0.15) is 5.75 Å². The van der Waals surface area contributed by atoms with Gasteiger partial charge in [-0.05, 0) is 25.3 Å². The van der Waals surface area contributed by atoms with Crippen LogP contribution in [0.5, 0.6) is 5.75 Å². The van der Waals surface area contributed by atoms with E-state index in [2.05, 4.69) is 0 Å². The number of para-hydroxylation sites is 1. The third kappa shape index (κ3) is 3.42. The Kier molecular flexibility index (Phi) is 5.63. The lowest BCUT2D eigenvalue weighted by atomic mass is 9.68. The summed E-state index contributed by atoms with van der Waals surface area (Å²) in [6, 6.07) is 15.7. The van der Waals surface area contributed by atoms with Crippen LogP contribution in [-0.2, 0) is 19.9 Å². The predicted molar refractivity (Wildman–Crippen MR) is 115 cm³/mol. The fourth-order valence-corrected chi connectivity index (χ4v) is 4.50. The molecule has 0 bridgehead atoms. The van der Waals surface area contributed by atoms with Crippen molar-refractivity contribution in [3.8, 4) is 5.75 Å². The molecule has 0 amide bonds. The number of carbonyl (C=O) groups is 3. The maximum absolute atomic E-state index is 13.7. The van der Waals surface area contributed by atoms with E-state index in [1.54, 1.807) is 48.5 Å². The van der Waals surface area contributed by atoms with Crippen molar-refractivity contribution in [2.45, 2.75) is 31.8 Å². The van der Waals surface area contributed by atoms with E-state index >= 15 is 0 Å². The van der Waals surface area contributed by atoms with Crippen LogP contribution in [0.25, 0.3) is 0 Å². The van der Waals surface area contributed by atoms with Gasteiger partial charge in [0.05, 0.1) is 23.9 Å². The molecule has 1 unspecified atom stereocenters. The monoisotopic (exact) mass is 419 g/mol. The number of Topliss-reactive ketones (excluding diaryl/α,β-unsaturated/α-hetero) is 2. The topological polar surface area (TPSA) is 72.9 Å². The van der Waals surface area contributed by atoms with E-state index in [9.17, 15) is 14.4 Å². The molecule has 1 atom stereocenters. The fraction of sp³-hybridized carbons (Fsp3) is 0.320. The van der Waals surface area contributed by atoms with Crippen LogP contribution in [0, 0.1) is 0 Å². The zero-order valence-corrected chi connectivity index (χ0v) is 17.7. The SMILES string of the molecule is COc1ccccc1C1(OC(C)=O)C(=O)C(C(=O)c2ccccc2)=C1N1CCCCC1. The summed E-state index contributed by atoms with van der Waals surface area (Å²) in [5.74, 6) is -1.04. The second-order valence-corrected chi connectivity index (χ2v) is 7.77. The highest BCUT2D eigenvalue weighted by Gasteiger charge is 2.63. The Balaban J connectivity index is 1.95. The Labute approximate surface area is 181 Å². The van der Waals surface area contributed by atoms with Crippen molar-refractivity contribution >= 4 is 17.5 Å². The molecule has 1 fully saturated rings. The zero-order valence-electron chi connectivity index (χ0n) is 17.7. The number of carbonyl (C=O) groups excluding carboxylic acids is 3. The molecule has 6 nitrogen and oxygen atoms in total. The van der Waals surface area contributed by atoms with Gasteiger partial charge in [-0.1, -0.05) is 48.5 Å². The van der Waals surface area contributed by atoms with Crippen molar-refractivity contribution in [1.82, 2.24) is 4.90 Å². The maximum Gasteiger partial charge on any atom is 0.304 e. The van der Waals surface area contributed by atoms with E-state index in [1.165, 1.54) is 14.0 Å². The summed E-state index contributed by atoms with van der Waals surface area (Å²) in [4.78, 5) is 41.3. The first kappa shape index (κ1) is 20.8. The molecule has 1 heterocycles. The van der Waals surface area contributed by atoms with Crippen LogP contribution in [0.1, 0.15) is 42.1 Å². The van der Waals surface area contributed by atoms with Crippen LogP contribution in [0.2, 0.25) is 0 Å². The van der Waals surface area contributed by atoms with Gasteiger partial charge in [0.15, 0.2) is 5.78 Å². The lowest BCUT2D eigenvalue weighted by molar-refractivity contribution is -0.167. The fourth-order valence-electron chi connectivity index (χ4n) is 4.50. The molecule has 2 aliphatic rings. The molecule has 0 N–H and O–H groups in total. The zero-order chi connectivity index (χ0) is 22.0. The molecule has 1 aliphatic heterocycles. The highest BCUT2D eigenvalue weighted by molar-refractivity contribution is 6.34. The molecule has 0 radical (unpaired) electrons. The van der Waals surface area contributed by atoms with E-state index in [0.29, 0.717) is 35.7 Å². The molecule has 4 rings (SSSR count). The summed E-state index contributed by atoms with van der Waals surface area (Å²) < 4.78 is 11.3. The second-order valence-electron chi connectivity index (χ2n) is 7.77. The lowest BCUT2D eigenvalue weighted by Gasteiger charge is -2.48. The highest BCUT2D eigenvalue weighted by Crippen LogP contribution is 2.52. The molecular weight excluding hydrogens is 394 g/mol. The number of methoxy groups -OCH3 is 1. The average Bonchev–Trinajstić information content (AvgIpc) is 2.81. The highest BCUT2D eigenvalue weighted by atomic mass is 16.6. The first-order valence-corrected chi connectivity index (χ1v) is 10.5. The van der Waals surface area contributed by atoms with Crippen molar-refractivity contribution < 1.29 is 23.9 Å². The number of benzene rings is 2. The van der Waals surface area contributed by atoms with Crippen LogP contribution in [0.4, 0.5) is 0 Å². The molecule has 0 saturated carbocycles. The Bertz CT molecular complexity index is 1050. The first-order chi connectivity index (χ1) is 15.0. The number of esters is 1. The minimum Gasteiger partial charge on any atom is -0.496 e. The molecule has 1 saturated heterocycles. The van der Waals surface area contributed by atoms with Gasteiger partial charge >= 0.3 is 5.97 Å². The third-order valence-electron chi connectivity index (χ3n) is 5.84. The van der Waals surface area contributed by atoms with Crippen molar-refractivity contribution in [3.05, 3.63) is 77.0 Å². The van der Waals surface area contributed by atoms with Crippen LogP contribution in [-0.4, -0.2) is 42.6 Å². The van der Waals surface area contributed by atoms with Gasteiger partial charge in [0, 0.05) is 25.6 Å².